The van der Waals surface area contributed by atoms with E-state index in [1.807, 2.05) is 13.0 Å². The summed E-state index contributed by atoms with van der Waals surface area (Å²) in [4.78, 5) is 11.5. The Kier molecular flexibility index (Phi) is 4.10. The van der Waals surface area contributed by atoms with Gasteiger partial charge in [-0.3, -0.25) is 5.10 Å². The molecule has 4 fully saturated rings. The van der Waals surface area contributed by atoms with Crippen molar-refractivity contribution in [2.75, 3.05) is 17.3 Å². The maximum Gasteiger partial charge on any atom is 0.227 e. The monoisotopic (exact) mass is 384 g/mol. The Morgan fingerprint density at radius 3 is 2.54 bits per heavy atom. The van der Waals surface area contributed by atoms with Crippen LogP contribution in [0.5, 0.6) is 0 Å². The van der Waals surface area contributed by atoms with Crippen LogP contribution in [0.4, 0.5) is 17.6 Å². The molecule has 6 rings (SSSR count). The van der Waals surface area contributed by atoms with Crippen molar-refractivity contribution < 1.29 is 10.2 Å². The molecule has 28 heavy (non-hydrogen) atoms. The average molecular weight is 384 g/mol. The van der Waals surface area contributed by atoms with E-state index in [0.717, 1.165) is 25.0 Å². The Labute approximate surface area is 164 Å². The normalized spacial score (nSPS) is 33.3. The summed E-state index contributed by atoms with van der Waals surface area (Å²) < 4.78 is 0. The van der Waals surface area contributed by atoms with Crippen molar-refractivity contribution in [3.05, 3.63) is 23.5 Å². The molecule has 0 amide bonds. The molecular formula is C20H28N6O2. The molecule has 0 saturated heterocycles. The Balaban J connectivity index is 1.43. The lowest BCUT2D eigenvalue weighted by Crippen LogP contribution is -2.61. The molecule has 0 aromatic carbocycles. The van der Waals surface area contributed by atoms with Gasteiger partial charge in [0.1, 0.15) is 5.82 Å². The van der Waals surface area contributed by atoms with Gasteiger partial charge in [0.2, 0.25) is 5.95 Å². The van der Waals surface area contributed by atoms with E-state index in [1.165, 1.54) is 12.8 Å². The molecule has 4 aliphatic carbocycles. The quantitative estimate of drug-likeness (QED) is 0.625. The molecule has 2 aromatic rings. The molecule has 4 aliphatic rings. The SMILES string of the molecule is Cc1cc(Nc2cc(CO)nc(N(C)C3C4CC5CC3CC(O)(C5)C4)n2)n[nH]1. The van der Waals surface area contributed by atoms with E-state index < -0.39 is 5.60 Å². The van der Waals surface area contributed by atoms with Crippen molar-refractivity contribution in [3.63, 3.8) is 0 Å². The lowest BCUT2D eigenvalue weighted by molar-refractivity contribution is -0.133. The highest BCUT2D eigenvalue weighted by Crippen LogP contribution is 2.57. The summed E-state index contributed by atoms with van der Waals surface area (Å²) in [5.41, 5.74) is 1.09. The van der Waals surface area contributed by atoms with Crippen LogP contribution in [0.15, 0.2) is 12.1 Å². The van der Waals surface area contributed by atoms with E-state index in [4.69, 9.17) is 4.98 Å². The third-order valence-corrected chi connectivity index (χ3v) is 6.85. The van der Waals surface area contributed by atoms with Gasteiger partial charge in [0.15, 0.2) is 5.82 Å². The second-order valence-corrected chi connectivity index (χ2v) is 9.06. The molecule has 8 nitrogen and oxygen atoms in total. The number of nitrogens with zero attached hydrogens (tertiary/aromatic N) is 4. The molecule has 0 radical (unpaired) electrons. The number of anilines is 3. The van der Waals surface area contributed by atoms with Gasteiger partial charge in [0.25, 0.3) is 0 Å². The van der Waals surface area contributed by atoms with E-state index in [2.05, 4.69) is 32.4 Å². The van der Waals surface area contributed by atoms with Crippen molar-refractivity contribution in [3.8, 4) is 0 Å². The second kappa shape index (κ2) is 6.42. The Morgan fingerprint density at radius 1 is 1.18 bits per heavy atom. The Hall–Kier alpha value is -2.19. The van der Waals surface area contributed by atoms with Gasteiger partial charge in [0.05, 0.1) is 17.9 Å². The van der Waals surface area contributed by atoms with Crippen LogP contribution in [0.3, 0.4) is 0 Å². The summed E-state index contributed by atoms with van der Waals surface area (Å²) in [6, 6.07) is 4.00. The van der Waals surface area contributed by atoms with E-state index >= 15 is 0 Å². The molecule has 0 spiro atoms. The largest absolute Gasteiger partial charge is 0.390 e. The number of hydrogen-bond donors (Lipinski definition) is 4. The summed E-state index contributed by atoms with van der Waals surface area (Å²) in [6.45, 7) is 1.80. The summed E-state index contributed by atoms with van der Waals surface area (Å²) in [5, 5.41) is 30.9. The summed E-state index contributed by atoms with van der Waals surface area (Å²) >= 11 is 0. The Bertz CT molecular complexity index is 867. The van der Waals surface area contributed by atoms with Gasteiger partial charge in [-0.1, -0.05) is 0 Å². The van der Waals surface area contributed by atoms with Crippen LogP contribution in [0, 0.1) is 24.7 Å². The predicted molar refractivity (Wildman–Crippen MR) is 105 cm³/mol. The Morgan fingerprint density at radius 2 is 1.93 bits per heavy atom. The maximum absolute atomic E-state index is 10.9. The van der Waals surface area contributed by atoms with Gasteiger partial charge in [-0.25, -0.2) is 4.98 Å². The van der Waals surface area contributed by atoms with Crippen molar-refractivity contribution in [2.45, 2.75) is 57.3 Å². The highest BCUT2D eigenvalue weighted by atomic mass is 16.3. The van der Waals surface area contributed by atoms with E-state index in [0.29, 0.717) is 47.1 Å². The summed E-state index contributed by atoms with van der Waals surface area (Å²) in [6.07, 6.45) is 5.11. The summed E-state index contributed by atoms with van der Waals surface area (Å²) in [7, 11) is 2.05. The lowest BCUT2D eigenvalue weighted by Gasteiger charge is -2.59. The minimum atomic E-state index is -0.452. The van der Waals surface area contributed by atoms with Crippen molar-refractivity contribution in [1.29, 1.82) is 0 Å². The topological polar surface area (TPSA) is 110 Å². The average Bonchev–Trinajstić information content (AvgIpc) is 3.04. The summed E-state index contributed by atoms with van der Waals surface area (Å²) in [5.74, 6) is 3.55. The van der Waals surface area contributed by atoms with Gasteiger partial charge in [-0.05, 0) is 56.8 Å². The van der Waals surface area contributed by atoms with Crippen LogP contribution in [-0.4, -0.2) is 49.1 Å². The first kappa shape index (κ1) is 17.9. The first-order valence-corrected chi connectivity index (χ1v) is 10.2. The van der Waals surface area contributed by atoms with E-state index in [9.17, 15) is 10.2 Å². The van der Waals surface area contributed by atoms with Crippen LogP contribution < -0.4 is 10.2 Å². The molecule has 4 bridgehead atoms. The smallest absolute Gasteiger partial charge is 0.227 e. The fraction of sp³-hybridized carbons (Fsp3) is 0.650. The number of hydrogen-bond acceptors (Lipinski definition) is 7. The van der Waals surface area contributed by atoms with Crippen molar-refractivity contribution in [1.82, 2.24) is 20.2 Å². The van der Waals surface area contributed by atoms with Crippen LogP contribution >= 0.6 is 0 Å². The molecule has 2 heterocycles. The zero-order valence-electron chi connectivity index (χ0n) is 16.4. The van der Waals surface area contributed by atoms with Gasteiger partial charge in [-0.15, -0.1) is 0 Å². The second-order valence-electron chi connectivity index (χ2n) is 9.06. The molecule has 4 saturated carbocycles. The number of aliphatic hydroxyl groups is 2. The first-order valence-electron chi connectivity index (χ1n) is 10.2. The predicted octanol–water partition coefficient (Wildman–Crippen LogP) is 2.12. The number of rotatable bonds is 5. The van der Waals surface area contributed by atoms with E-state index in [1.54, 1.807) is 6.07 Å². The molecule has 0 aliphatic heterocycles. The molecule has 8 heteroatoms. The maximum atomic E-state index is 10.9. The third kappa shape index (κ3) is 3.04. The number of aryl methyl sites for hydroxylation is 1. The zero-order valence-corrected chi connectivity index (χ0v) is 16.4. The number of aliphatic hydroxyl groups excluding tert-OH is 1. The molecular weight excluding hydrogens is 356 g/mol. The minimum absolute atomic E-state index is 0.142. The van der Waals surface area contributed by atoms with Gasteiger partial charge in [-0.2, -0.15) is 10.1 Å². The van der Waals surface area contributed by atoms with Crippen molar-refractivity contribution in [2.24, 2.45) is 17.8 Å². The molecule has 2 atom stereocenters. The van der Waals surface area contributed by atoms with Gasteiger partial charge >= 0.3 is 0 Å². The van der Waals surface area contributed by atoms with Crippen LogP contribution in [-0.2, 0) is 6.61 Å². The first-order chi connectivity index (χ1) is 13.4. The molecule has 150 valence electrons. The van der Waals surface area contributed by atoms with Gasteiger partial charge in [0, 0.05) is 30.9 Å². The van der Waals surface area contributed by atoms with Crippen LogP contribution in [0.1, 0.15) is 43.5 Å². The molecule has 4 N–H and O–H groups in total. The number of aromatic amines is 1. The standard InChI is InChI=1S/C20H28N6O2/c1-11-3-17(25-24-11)22-16-6-15(10-27)21-19(23-16)26(2)18-13-4-12-5-14(18)9-20(28,7-12)8-13/h3,6,12-14,18,27-28H,4-5,7-10H2,1-2H3,(H2,21,22,23,24,25). The zero-order chi connectivity index (χ0) is 19.5. The number of H-pyrrole nitrogens is 1. The fourth-order valence-electron chi connectivity index (χ4n) is 6.12. The highest BCUT2D eigenvalue weighted by molar-refractivity contribution is 5.54. The molecule has 2 aromatic heterocycles. The van der Waals surface area contributed by atoms with E-state index in [-0.39, 0.29) is 6.61 Å². The van der Waals surface area contributed by atoms with Gasteiger partial charge < -0.3 is 20.4 Å². The lowest BCUT2D eigenvalue weighted by atomic mass is 9.52. The third-order valence-electron chi connectivity index (χ3n) is 6.85. The fourth-order valence-corrected chi connectivity index (χ4v) is 6.12. The van der Waals surface area contributed by atoms with Crippen LogP contribution in [0.25, 0.3) is 0 Å². The van der Waals surface area contributed by atoms with Crippen molar-refractivity contribution >= 4 is 17.6 Å². The number of aromatic nitrogens is 4. The van der Waals surface area contributed by atoms with Crippen LogP contribution in [0.2, 0.25) is 0 Å². The molecule has 2 unspecified atom stereocenters. The highest BCUT2D eigenvalue weighted by Gasteiger charge is 2.56. The minimum Gasteiger partial charge on any atom is -0.390 e. The number of nitrogens with one attached hydrogen (secondary N) is 2.